The molecule has 0 aliphatic carbocycles. The van der Waals surface area contributed by atoms with Gasteiger partial charge in [-0.3, -0.25) is 0 Å². The molecule has 2 aromatic carbocycles. The van der Waals surface area contributed by atoms with Crippen LogP contribution in [0.1, 0.15) is 37.5 Å². The van der Waals surface area contributed by atoms with Gasteiger partial charge < -0.3 is 9.64 Å². The van der Waals surface area contributed by atoms with Gasteiger partial charge in [0.15, 0.2) is 0 Å². The Kier molecular flexibility index (Phi) is 4.98. The maximum Gasteiger partial charge on any atom is 0.148 e. The third-order valence-corrected chi connectivity index (χ3v) is 4.87. The van der Waals surface area contributed by atoms with Crippen molar-refractivity contribution in [3.8, 4) is 5.75 Å². The predicted molar refractivity (Wildman–Crippen MR) is 104 cm³/mol. The van der Waals surface area contributed by atoms with E-state index in [0.717, 1.165) is 41.3 Å². The Balaban J connectivity index is 1.87. The fraction of sp³-hybridized carbons (Fsp3) is 0.304. The van der Waals surface area contributed by atoms with Crippen molar-refractivity contribution in [2.45, 2.75) is 46.7 Å². The molecule has 1 atom stereocenters. The van der Waals surface area contributed by atoms with Crippen LogP contribution < -0.4 is 4.74 Å². The minimum atomic E-state index is 0.400. The van der Waals surface area contributed by atoms with Gasteiger partial charge in [0.05, 0.1) is 5.70 Å². The molecule has 2 nitrogen and oxygen atoms in total. The molecule has 2 heteroatoms. The molecular formula is C23H27NO. The molecule has 1 heterocycles. The van der Waals surface area contributed by atoms with Gasteiger partial charge in [-0.25, -0.2) is 0 Å². The Labute approximate surface area is 151 Å². The van der Waals surface area contributed by atoms with Crippen LogP contribution in [0.5, 0.6) is 5.75 Å². The molecular weight excluding hydrogens is 306 g/mol. The van der Waals surface area contributed by atoms with E-state index in [0.29, 0.717) is 6.04 Å². The number of fused-ring (bicyclic) bond motifs is 1. The van der Waals surface area contributed by atoms with Crippen molar-refractivity contribution < 1.29 is 4.74 Å². The number of hydrogen-bond donors (Lipinski definition) is 0. The Bertz CT molecular complexity index is 814. The quantitative estimate of drug-likeness (QED) is 0.531. The number of aryl methyl sites for hydroxylation is 1. The zero-order chi connectivity index (χ0) is 18.0. The minimum absolute atomic E-state index is 0.400. The monoisotopic (exact) mass is 333 g/mol. The summed E-state index contributed by atoms with van der Waals surface area (Å²) in [5.41, 5.74) is 6.05. The first kappa shape index (κ1) is 17.3. The molecule has 0 bridgehead atoms. The van der Waals surface area contributed by atoms with Gasteiger partial charge in [0, 0.05) is 12.6 Å². The summed E-state index contributed by atoms with van der Waals surface area (Å²) in [6.07, 6.45) is 1.04. The van der Waals surface area contributed by atoms with E-state index in [9.17, 15) is 0 Å². The zero-order valence-electron chi connectivity index (χ0n) is 15.7. The second-order valence-electron chi connectivity index (χ2n) is 7.09. The third-order valence-electron chi connectivity index (χ3n) is 4.87. The summed E-state index contributed by atoms with van der Waals surface area (Å²) in [4.78, 5) is 2.36. The van der Waals surface area contributed by atoms with Crippen LogP contribution in [0.15, 0.2) is 72.1 Å². The lowest BCUT2D eigenvalue weighted by Crippen LogP contribution is -2.38. The average molecular weight is 333 g/mol. The van der Waals surface area contributed by atoms with E-state index in [1.165, 1.54) is 11.1 Å². The maximum absolute atomic E-state index is 6.30. The molecule has 2 aromatic rings. The molecule has 0 fully saturated rings. The smallest absolute Gasteiger partial charge is 0.148 e. The summed E-state index contributed by atoms with van der Waals surface area (Å²) >= 11 is 0. The highest BCUT2D eigenvalue weighted by atomic mass is 16.5. The van der Waals surface area contributed by atoms with Crippen molar-refractivity contribution >= 4 is 0 Å². The molecule has 0 N–H and O–H groups in total. The molecule has 25 heavy (non-hydrogen) atoms. The van der Waals surface area contributed by atoms with Gasteiger partial charge in [-0.15, -0.1) is 0 Å². The molecule has 0 radical (unpaired) electrons. The predicted octanol–water partition coefficient (Wildman–Crippen LogP) is 5.63. The molecule has 130 valence electrons. The van der Waals surface area contributed by atoms with Crippen molar-refractivity contribution in [1.82, 2.24) is 4.90 Å². The highest BCUT2D eigenvalue weighted by molar-refractivity contribution is 5.39. The van der Waals surface area contributed by atoms with Crippen LogP contribution in [0.2, 0.25) is 0 Å². The van der Waals surface area contributed by atoms with Gasteiger partial charge in [-0.2, -0.15) is 0 Å². The topological polar surface area (TPSA) is 12.5 Å². The van der Waals surface area contributed by atoms with E-state index in [2.05, 4.69) is 69.5 Å². The summed E-state index contributed by atoms with van der Waals surface area (Å²) in [5.74, 6) is 1.77. The fourth-order valence-electron chi connectivity index (χ4n) is 3.40. The van der Waals surface area contributed by atoms with Crippen LogP contribution >= 0.6 is 0 Å². The number of allylic oxidation sites excluding steroid dienone is 1. The summed E-state index contributed by atoms with van der Waals surface area (Å²) < 4.78 is 6.30. The first-order valence-electron chi connectivity index (χ1n) is 8.91. The lowest BCUT2D eigenvalue weighted by Gasteiger charge is -2.38. The van der Waals surface area contributed by atoms with E-state index in [1.54, 1.807) is 0 Å². The number of nitrogens with zero attached hydrogens (tertiary/aromatic N) is 1. The Morgan fingerprint density at radius 1 is 1.04 bits per heavy atom. The highest BCUT2D eigenvalue weighted by Gasteiger charge is 2.26. The Morgan fingerprint density at radius 2 is 1.68 bits per heavy atom. The van der Waals surface area contributed by atoms with Gasteiger partial charge in [0.2, 0.25) is 0 Å². The number of benzene rings is 2. The zero-order valence-corrected chi connectivity index (χ0v) is 15.7. The van der Waals surface area contributed by atoms with Crippen LogP contribution in [0.4, 0.5) is 0 Å². The molecule has 1 aliphatic rings. The van der Waals surface area contributed by atoms with Gasteiger partial charge in [-0.1, -0.05) is 49.0 Å². The van der Waals surface area contributed by atoms with Crippen LogP contribution in [-0.4, -0.2) is 10.9 Å². The van der Waals surface area contributed by atoms with Crippen molar-refractivity contribution in [2.75, 3.05) is 0 Å². The molecule has 3 rings (SSSR count). The number of hydrogen-bond acceptors (Lipinski definition) is 2. The normalized spacial score (nSPS) is 16.2. The highest BCUT2D eigenvalue weighted by Crippen LogP contribution is 2.31. The molecule has 0 spiro atoms. The second kappa shape index (κ2) is 7.18. The summed E-state index contributed by atoms with van der Waals surface area (Å²) in [6, 6.07) is 17.2. The van der Waals surface area contributed by atoms with Gasteiger partial charge in [-0.05, 0) is 62.4 Å². The summed E-state index contributed by atoms with van der Waals surface area (Å²) in [6.45, 7) is 13.8. The van der Waals surface area contributed by atoms with E-state index in [-0.39, 0.29) is 0 Å². The van der Waals surface area contributed by atoms with Crippen LogP contribution in [0.3, 0.4) is 0 Å². The number of rotatable bonds is 4. The molecule has 0 saturated carbocycles. The van der Waals surface area contributed by atoms with Crippen molar-refractivity contribution in [3.05, 3.63) is 88.8 Å². The average Bonchev–Trinajstić information content (AvgIpc) is 2.59. The molecule has 0 aromatic heterocycles. The van der Waals surface area contributed by atoms with Crippen LogP contribution in [0.25, 0.3) is 0 Å². The van der Waals surface area contributed by atoms with Gasteiger partial charge in [0.1, 0.15) is 11.5 Å². The summed E-state index contributed by atoms with van der Waals surface area (Å²) in [7, 11) is 0. The van der Waals surface area contributed by atoms with Crippen molar-refractivity contribution in [3.63, 3.8) is 0 Å². The van der Waals surface area contributed by atoms with Crippen molar-refractivity contribution in [2.24, 2.45) is 0 Å². The molecule has 1 unspecified atom stereocenters. The number of para-hydroxylation sites is 1. The molecule has 0 saturated heterocycles. The summed E-state index contributed by atoms with van der Waals surface area (Å²) in [5, 5.41) is 0. The van der Waals surface area contributed by atoms with Gasteiger partial charge >= 0.3 is 0 Å². The SMILES string of the molecule is C=C(C(Oc1ccccc1C)=C(C)C)N1Cc2ccccc2CC1C. The minimum Gasteiger partial charge on any atom is -0.455 e. The van der Waals surface area contributed by atoms with Crippen LogP contribution in [0, 0.1) is 6.92 Å². The first-order valence-corrected chi connectivity index (χ1v) is 8.91. The van der Waals surface area contributed by atoms with E-state index < -0.39 is 0 Å². The largest absolute Gasteiger partial charge is 0.455 e. The van der Waals surface area contributed by atoms with Crippen molar-refractivity contribution in [1.29, 1.82) is 0 Å². The molecule has 1 aliphatic heterocycles. The fourth-order valence-corrected chi connectivity index (χ4v) is 3.40. The number of ether oxygens (including phenoxy) is 1. The standard InChI is InChI=1S/C23H27NO/c1-16(2)23(25-22-13-9-6-10-17(22)3)19(5)24-15-21-12-8-7-11-20(21)14-18(24)4/h6-13,18H,5,14-15H2,1-4H3. The van der Waals surface area contributed by atoms with Crippen LogP contribution in [-0.2, 0) is 13.0 Å². The Hall–Kier alpha value is -2.48. The van der Waals surface area contributed by atoms with E-state index in [1.807, 2.05) is 18.2 Å². The maximum atomic E-state index is 6.30. The second-order valence-corrected chi connectivity index (χ2v) is 7.09. The lowest BCUT2D eigenvalue weighted by molar-refractivity contribution is 0.227. The van der Waals surface area contributed by atoms with E-state index in [4.69, 9.17) is 4.74 Å². The van der Waals surface area contributed by atoms with Gasteiger partial charge in [0.25, 0.3) is 0 Å². The molecule has 0 amide bonds. The Morgan fingerprint density at radius 3 is 2.36 bits per heavy atom. The first-order chi connectivity index (χ1) is 12.0. The third kappa shape index (κ3) is 3.63. The lowest BCUT2D eigenvalue weighted by atomic mass is 9.94. The van der Waals surface area contributed by atoms with E-state index >= 15 is 0 Å².